The Hall–Kier alpha value is -1.55. The highest BCUT2D eigenvalue weighted by Crippen LogP contribution is 2.14. The summed E-state index contributed by atoms with van der Waals surface area (Å²) >= 11 is 5.70. The average molecular weight is 227 g/mol. The molecule has 0 atom stereocenters. The lowest BCUT2D eigenvalue weighted by Crippen LogP contribution is -2.01. The van der Waals surface area contributed by atoms with Gasteiger partial charge in [-0.05, 0) is 18.2 Å². The molecule has 1 aromatic rings. The van der Waals surface area contributed by atoms with Crippen molar-refractivity contribution in [1.29, 1.82) is 0 Å². The van der Waals surface area contributed by atoms with Gasteiger partial charge in [0.15, 0.2) is 0 Å². The zero-order valence-electron chi connectivity index (χ0n) is 8.44. The first-order chi connectivity index (χ1) is 7.00. The molecular formula is C10H11ClN2O2. The molecule has 0 saturated heterocycles. The SMILES string of the molecule is CN(C)C=Cc1ccc(C(=O)O)c(Cl)n1. The minimum atomic E-state index is -1.07. The highest BCUT2D eigenvalue weighted by Gasteiger charge is 2.09. The monoisotopic (exact) mass is 226 g/mol. The second kappa shape index (κ2) is 4.79. The zero-order valence-corrected chi connectivity index (χ0v) is 9.19. The number of hydrogen-bond donors (Lipinski definition) is 1. The Bertz CT molecular complexity index is 402. The van der Waals surface area contributed by atoms with Crippen molar-refractivity contribution in [2.24, 2.45) is 0 Å². The van der Waals surface area contributed by atoms with Crippen molar-refractivity contribution in [2.75, 3.05) is 14.1 Å². The minimum Gasteiger partial charge on any atom is -0.478 e. The Morgan fingerprint density at radius 3 is 2.67 bits per heavy atom. The molecule has 80 valence electrons. The lowest BCUT2D eigenvalue weighted by Gasteiger charge is -2.03. The quantitative estimate of drug-likeness (QED) is 0.801. The van der Waals surface area contributed by atoms with Gasteiger partial charge in [0.25, 0.3) is 0 Å². The second-order valence-electron chi connectivity index (χ2n) is 3.16. The fourth-order valence-electron chi connectivity index (χ4n) is 0.926. The van der Waals surface area contributed by atoms with Gasteiger partial charge in [-0.15, -0.1) is 0 Å². The molecule has 0 aliphatic carbocycles. The number of rotatable bonds is 3. The van der Waals surface area contributed by atoms with E-state index in [9.17, 15) is 4.79 Å². The zero-order chi connectivity index (χ0) is 11.4. The highest BCUT2D eigenvalue weighted by molar-refractivity contribution is 6.32. The summed E-state index contributed by atoms with van der Waals surface area (Å²) < 4.78 is 0. The van der Waals surface area contributed by atoms with Crippen LogP contribution in [0, 0.1) is 0 Å². The van der Waals surface area contributed by atoms with Crippen molar-refractivity contribution < 1.29 is 9.90 Å². The van der Waals surface area contributed by atoms with E-state index in [0.717, 1.165) is 0 Å². The normalized spacial score (nSPS) is 10.6. The van der Waals surface area contributed by atoms with Crippen LogP contribution < -0.4 is 0 Å². The Balaban J connectivity index is 2.97. The number of hydrogen-bond acceptors (Lipinski definition) is 3. The van der Waals surface area contributed by atoms with Crippen LogP contribution in [0.2, 0.25) is 5.15 Å². The number of carbonyl (C=O) groups is 1. The number of aromatic carboxylic acids is 1. The van der Waals surface area contributed by atoms with Crippen LogP contribution in [0.25, 0.3) is 6.08 Å². The van der Waals surface area contributed by atoms with Gasteiger partial charge in [0, 0.05) is 20.3 Å². The van der Waals surface area contributed by atoms with Crippen LogP contribution in [0.3, 0.4) is 0 Å². The third-order valence-electron chi connectivity index (χ3n) is 1.64. The van der Waals surface area contributed by atoms with Crippen LogP contribution in [0.1, 0.15) is 16.1 Å². The number of halogens is 1. The van der Waals surface area contributed by atoms with Gasteiger partial charge < -0.3 is 10.0 Å². The van der Waals surface area contributed by atoms with Crippen LogP contribution >= 0.6 is 11.6 Å². The largest absolute Gasteiger partial charge is 0.478 e. The number of carboxylic acids is 1. The molecule has 4 nitrogen and oxygen atoms in total. The molecule has 0 fully saturated rings. The number of nitrogens with zero attached hydrogens (tertiary/aromatic N) is 2. The molecule has 0 aromatic carbocycles. The summed E-state index contributed by atoms with van der Waals surface area (Å²) in [5.74, 6) is -1.07. The Morgan fingerprint density at radius 2 is 2.20 bits per heavy atom. The van der Waals surface area contributed by atoms with Crippen molar-refractivity contribution in [3.05, 3.63) is 34.7 Å². The standard InChI is InChI=1S/C10H11ClN2O2/c1-13(2)6-5-7-3-4-8(10(14)15)9(11)12-7/h3-6H,1-2H3,(H,14,15). The molecular weight excluding hydrogens is 216 g/mol. The third-order valence-corrected chi connectivity index (χ3v) is 1.93. The van der Waals surface area contributed by atoms with E-state index in [1.54, 1.807) is 18.3 Å². The number of carboxylic acid groups (broad SMARTS) is 1. The fraction of sp³-hybridized carbons (Fsp3) is 0.200. The van der Waals surface area contributed by atoms with E-state index >= 15 is 0 Å². The van der Waals surface area contributed by atoms with Gasteiger partial charge in [0.05, 0.1) is 11.3 Å². The first-order valence-electron chi connectivity index (χ1n) is 4.25. The predicted octanol–water partition coefficient (Wildman–Crippen LogP) is 1.97. The lowest BCUT2D eigenvalue weighted by molar-refractivity contribution is 0.0696. The molecule has 0 bridgehead atoms. The van der Waals surface area contributed by atoms with Gasteiger partial charge in [-0.1, -0.05) is 11.6 Å². The first-order valence-corrected chi connectivity index (χ1v) is 4.63. The average Bonchev–Trinajstić information content (AvgIpc) is 2.14. The van der Waals surface area contributed by atoms with Crippen molar-refractivity contribution in [1.82, 2.24) is 9.88 Å². The summed E-state index contributed by atoms with van der Waals surface area (Å²) in [6.45, 7) is 0. The van der Waals surface area contributed by atoms with Gasteiger partial charge in [0.2, 0.25) is 0 Å². The number of pyridine rings is 1. The minimum absolute atomic E-state index is 0.00315. The topological polar surface area (TPSA) is 53.4 Å². The summed E-state index contributed by atoms with van der Waals surface area (Å²) in [5, 5.41) is 8.73. The van der Waals surface area contributed by atoms with Gasteiger partial charge in [0.1, 0.15) is 5.15 Å². The van der Waals surface area contributed by atoms with Crippen LogP contribution in [0.15, 0.2) is 18.3 Å². The van der Waals surface area contributed by atoms with Gasteiger partial charge >= 0.3 is 5.97 Å². The van der Waals surface area contributed by atoms with E-state index in [0.29, 0.717) is 5.69 Å². The summed E-state index contributed by atoms with van der Waals surface area (Å²) in [5.41, 5.74) is 0.636. The molecule has 1 rings (SSSR count). The first kappa shape index (κ1) is 11.5. The Labute approximate surface area is 92.8 Å². The van der Waals surface area contributed by atoms with Crippen LogP contribution in [0.4, 0.5) is 0 Å². The Kier molecular flexibility index (Phi) is 3.68. The molecule has 5 heteroatoms. The molecule has 0 spiro atoms. The smallest absolute Gasteiger partial charge is 0.338 e. The van der Waals surface area contributed by atoms with Gasteiger partial charge in [-0.25, -0.2) is 9.78 Å². The third kappa shape index (κ3) is 3.25. The second-order valence-corrected chi connectivity index (χ2v) is 3.52. The molecule has 0 saturated carbocycles. The van der Waals surface area contributed by atoms with Crippen LogP contribution in [-0.2, 0) is 0 Å². The lowest BCUT2D eigenvalue weighted by atomic mass is 10.2. The molecule has 1 N–H and O–H groups in total. The maximum atomic E-state index is 10.6. The van der Waals surface area contributed by atoms with Crippen molar-refractivity contribution in [3.8, 4) is 0 Å². The molecule has 1 heterocycles. The van der Waals surface area contributed by atoms with Crippen LogP contribution in [0.5, 0.6) is 0 Å². The van der Waals surface area contributed by atoms with Crippen molar-refractivity contribution in [2.45, 2.75) is 0 Å². The van der Waals surface area contributed by atoms with Crippen molar-refractivity contribution >= 4 is 23.6 Å². The molecule has 0 radical (unpaired) electrons. The molecule has 1 aromatic heterocycles. The van der Waals surface area contributed by atoms with E-state index in [1.807, 2.05) is 19.0 Å². The summed E-state index contributed by atoms with van der Waals surface area (Å²) in [6, 6.07) is 3.04. The molecule has 0 unspecified atom stereocenters. The van der Waals surface area contributed by atoms with E-state index in [4.69, 9.17) is 16.7 Å². The molecule has 15 heavy (non-hydrogen) atoms. The molecule has 0 aliphatic heterocycles. The molecule has 0 aliphatic rings. The van der Waals surface area contributed by atoms with Gasteiger partial charge in [-0.3, -0.25) is 0 Å². The summed E-state index contributed by atoms with van der Waals surface area (Å²) in [6.07, 6.45) is 3.55. The maximum absolute atomic E-state index is 10.6. The van der Waals surface area contributed by atoms with Crippen LogP contribution in [-0.4, -0.2) is 35.1 Å². The van der Waals surface area contributed by atoms with Gasteiger partial charge in [-0.2, -0.15) is 0 Å². The molecule has 0 amide bonds. The Morgan fingerprint density at radius 1 is 1.53 bits per heavy atom. The predicted molar refractivity (Wildman–Crippen MR) is 58.9 cm³/mol. The van der Waals surface area contributed by atoms with E-state index in [1.165, 1.54) is 6.07 Å². The van der Waals surface area contributed by atoms with Crippen molar-refractivity contribution in [3.63, 3.8) is 0 Å². The maximum Gasteiger partial charge on any atom is 0.338 e. The summed E-state index contributed by atoms with van der Waals surface area (Å²) in [4.78, 5) is 16.4. The van der Waals surface area contributed by atoms with E-state index in [2.05, 4.69) is 4.98 Å². The van der Waals surface area contributed by atoms with E-state index in [-0.39, 0.29) is 10.7 Å². The van der Waals surface area contributed by atoms with E-state index < -0.39 is 5.97 Å². The summed E-state index contributed by atoms with van der Waals surface area (Å²) in [7, 11) is 3.76. The highest BCUT2D eigenvalue weighted by atomic mass is 35.5. The fourth-order valence-corrected chi connectivity index (χ4v) is 1.17. The number of aromatic nitrogens is 1.